The zero-order valence-electron chi connectivity index (χ0n) is 13.0. The summed E-state index contributed by atoms with van der Waals surface area (Å²) in [7, 11) is 2.68. The van der Waals surface area contributed by atoms with Crippen LogP contribution in [0.5, 0.6) is 0 Å². The van der Waals surface area contributed by atoms with Gasteiger partial charge in [-0.05, 0) is 13.0 Å². The fraction of sp³-hybridized carbons (Fsp3) is 0.235. The monoisotopic (exact) mass is 313 g/mol. The van der Waals surface area contributed by atoms with Gasteiger partial charge in [0.15, 0.2) is 5.78 Å². The first-order valence-electron chi connectivity index (χ1n) is 7.01. The SMILES string of the molecule is COCn1c2c(c3ccccc31)C(=O)C(C)=C(C(=O)OC)C2=O. The highest BCUT2D eigenvalue weighted by molar-refractivity contribution is 6.37. The quantitative estimate of drug-likeness (QED) is 0.641. The first-order chi connectivity index (χ1) is 11.0. The Bertz CT molecular complexity index is 888. The lowest BCUT2D eigenvalue weighted by Gasteiger charge is -2.17. The zero-order chi connectivity index (χ0) is 16.7. The third-order valence-electron chi connectivity index (χ3n) is 4.00. The molecule has 1 aromatic carbocycles. The van der Waals surface area contributed by atoms with E-state index in [-0.39, 0.29) is 29.4 Å². The molecule has 0 bridgehead atoms. The van der Waals surface area contributed by atoms with Crippen molar-refractivity contribution in [3.63, 3.8) is 0 Å². The van der Waals surface area contributed by atoms with Crippen molar-refractivity contribution in [1.82, 2.24) is 4.57 Å². The highest BCUT2D eigenvalue weighted by atomic mass is 16.5. The number of aromatic nitrogens is 1. The van der Waals surface area contributed by atoms with Gasteiger partial charge < -0.3 is 14.0 Å². The van der Waals surface area contributed by atoms with E-state index in [9.17, 15) is 14.4 Å². The summed E-state index contributed by atoms with van der Waals surface area (Å²) in [5, 5.41) is 0.668. The van der Waals surface area contributed by atoms with Crippen LogP contribution in [0.4, 0.5) is 0 Å². The lowest BCUT2D eigenvalue weighted by molar-refractivity contribution is -0.135. The summed E-state index contributed by atoms with van der Waals surface area (Å²) in [5.74, 6) is -1.66. The van der Waals surface area contributed by atoms with E-state index in [1.807, 2.05) is 6.07 Å². The van der Waals surface area contributed by atoms with E-state index in [1.54, 1.807) is 22.8 Å². The van der Waals surface area contributed by atoms with Crippen LogP contribution in [0.3, 0.4) is 0 Å². The van der Waals surface area contributed by atoms with Crippen LogP contribution in [-0.4, -0.2) is 36.3 Å². The number of para-hydroxylation sites is 1. The van der Waals surface area contributed by atoms with Crippen molar-refractivity contribution in [3.05, 3.63) is 46.7 Å². The molecule has 0 unspecified atom stereocenters. The Morgan fingerprint density at radius 2 is 1.83 bits per heavy atom. The van der Waals surface area contributed by atoms with Gasteiger partial charge in [0.05, 0.1) is 18.2 Å². The van der Waals surface area contributed by atoms with Crippen LogP contribution in [0, 0.1) is 0 Å². The number of ketones is 2. The Labute approximate surface area is 132 Å². The van der Waals surface area contributed by atoms with Crippen LogP contribution >= 0.6 is 0 Å². The van der Waals surface area contributed by atoms with Crippen LogP contribution in [0.2, 0.25) is 0 Å². The molecule has 0 radical (unpaired) electrons. The van der Waals surface area contributed by atoms with Gasteiger partial charge >= 0.3 is 5.97 Å². The maximum absolute atomic E-state index is 12.9. The second-order valence-electron chi connectivity index (χ2n) is 5.24. The normalized spacial score (nSPS) is 14.4. The highest BCUT2D eigenvalue weighted by Gasteiger charge is 2.38. The van der Waals surface area contributed by atoms with Crippen molar-refractivity contribution >= 4 is 28.4 Å². The number of Topliss-reactive ketones (excluding diaryl/α,β-unsaturated/α-hetero) is 2. The number of hydrogen-bond donors (Lipinski definition) is 0. The van der Waals surface area contributed by atoms with Gasteiger partial charge in [-0.25, -0.2) is 4.79 Å². The Morgan fingerprint density at radius 3 is 2.48 bits per heavy atom. The lowest BCUT2D eigenvalue weighted by Crippen LogP contribution is -2.28. The molecular formula is C17H15NO5. The number of esters is 1. The van der Waals surface area contributed by atoms with Gasteiger partial charge in [-0.1, -0.05) is 18.2 Å². The van der Waals surface area contributed by atoms with Gasteiger partial charge in [0.25, 0.3) is 0 Å². The summed E-state index contributed by atoms with van der Waals surface area (Å²) >= 11 is 0. The molecule has 6 heteroatoms. The number of methoxy groups -OCH3 is 2. The van der Waals surface area contributed by atoms with Crippen molar-refractivity contribution in [2.45, 2.75) is 13.7 Å². The molecule has 0 amide bonds. The number of benzene rings is 1. The molecule has 6 nitrogen and oxygen atoms in total. The number of rotatable bonds is 3. The molecule has 3 rings (SSSR count). The van der Waals surface area contributed by atoms with Gasteiger partial charge in [-0.3, -0.25) is 9.59 Å². The average molecular weight is 313 g/mol. The van der Waals surface area contributed by atoms with E-state index < -0.39 is 11.8 Å². The van der Waals surface area contributed by atoms with Gasteiger partial charge in [-0.2, -0.15) is 0 Å². The third kappa shape index (κ3) is 2.03. The highest BCUT2D eigenvalue weighted by Crippen LogP contribution is 2.34. The first kappa shape index (κ1) is 15.2. The number of fused-ring (bicyclic) bond motifs is 3. The molecule has 23 heavy (non-hydrogen) atoms. The van der Waals surface area contributed by atoms with Crippen molar-refractivity contribution in [2.75, 3.05) is 14.2 Å². The maximum Gasteiger partial charge on any atom is 0.342 e. The number of hydrogen-bond acceptors (Lipinski definition) is 5. The molecule has 118 valence electrons. The Morgan fingerprint density at radius 1 is 1.13 bits per heavy atom. The zero-order valence-corrected chi connectivity index (χ0v) is 13.0. The molecule has 0 N–H and O–H groups in total. The second-order valence-corrected chi connectivity index (χ2v) is 5.24. The summed E-state index contributed by atoms with van der Waals surface area (Å²) in [4.78, 5) is 37.5. The van der Waals surface area contributed by atoms with Gasteiger partial charge in [-0.15, -0.1) is 0 Å². The Kier molecular flexibility index (Phi) is 3.61. The molecule has 1 aromatic heterocycles. The van der Waals surface area contributed by atoms with Crippen molar-refractivity contribution < 1.29 is 23.9 Å². The van der Waals surface area contributed by atoms with Crippen LogP contribution in [0.15, 0.2) is 35.4 Å². The van der Waals surface area contributed by atoms with Crippen molar-refractivity contribution in [1.29, 1.82) is 0 Å². The minimum absolute atomic E-state index is 0.0996. The first-order valence-corrected chi connectivity index (χ1v) is 7.01. The summed E-state index contributed by atoms with van der Waals surface area (Å²) in [6, 6.07) is 7.20. The van der Waals surface area contributed by atoms with Crippen LogP contribution in [0.25, 0.3) is 10.9 Å². The smallest absolute Gasteiger partial charge is 0.342 e. The molecule has 0 spiro atoms. The van der Waals surface area contributed by atoms with E-state index >= 15 is 0 Å². The second kappa shape index (κ2) is 5.48. The van der Waals surface area contributed by atoms with Crippen molar-refractivity contribution in [2.24, 2.45) is 0 Å². The van der Waals surface area contributed by atoms with Gasteiger partial charge in [0.1, 0.15) is 18.0 Å². The minimum Gasteiger partial charge on any atom is -0.465 e. The predicted molar refractivity (Wildman–Crippen MR) is 82.3 cm³/mol. The van der Waals surface area contributed by atoms with E-state index in [0.717, 1.165) is 0 Å². The van der Waals surface area contributed by atoms with Gasteiger partial charge in [0, 0.05) is 18.1 Å². The molecule has 0 saturated heterocycles. The Hall–Kier alpha value is -2.73. The van der Waals surface area contributed by atoms with E-state index in [0.29, 0.717) is 16.5 Å². The number of nitrogens with zero attached hydrogens (tertiary/aromatic N) is 1. The predicted octanol–water partition coefficient (Wildman–Crippen LogP) is 2.11. The molecule has 0 fully saturated rings. The molecule has 0 atom stereocenters. The standard InChI is InChI=1S/C17H15NO5/c1-9-12(17(21)23-3)16(20)14-13(15(9)19)10-6-4-5-7-11(10)18(14)8-22-2/h4-7H,8H2,1-3H3. The van der Waals surface area contributed by atoms with Crippen LogP contribution in [-0.2, 0) is 21.0 Å². The summed E-state index contributed by atoms with van der Waals surface area (Å²) in [6.07, 6.45) is 0. The Balaban J connectivity index is 2.38. The molecule has 0 aliphatic heterocycles. The number of ether oxygens (including phenoxy) is 2. The summed E-state index contributed by atoms with van der Waals surface area (Å²) < 4.78 is 11.4. The molecule has 1 heterocycles. The summed E-state index contributed by atoms with van der Waals surface area (Å²) in [5.41, 5.74) is 1.08. The van der Waals surface area contributed by atoms with E-state index in [4.69, 9.17) is 4.74 Å². The molecular weight excluding hydrogens is 298 g/mol. The van der Waals surface area contributed by atoms with Gasteiger partial charge in [0.2, 0.25) is 5.78 Å². The molecule has 2 aromatic rings. The van der Waals surface area contributed by atoms with Crippen molar-refractivity contribution in [3.8, 4) is 0 Å². The molecule has 1 aliphatic rings. The van der Waals surface area contributed by atoms with Crippen LogP contribution in [0.1, 0.15) is 27.8 Å². The fourth-order valence-electron chi connectivity index (χ4n) is 2.97. The van der Waals surface area contributed by atoms with E-state index in [2.05, 4.69) is 4.74 Å². The van der Waals surface area contributed by atoms with Crippen LogP contribution < -0.4 is 0 Å². The minimum atomic E-state index is -0.805. The third-order valence-corrected chi connectivity index (χ3v) is 4.00. The summed E-state index contributed by atoms with van der Waals surface area (Å²) in [6.45, 7) is 1.57. The molecule has 0 saturated carbocycles. The lowest BCUT2D eigenvalue weighted by atomic mass is 9.87. The largest absolute Gasteiger partial charge is 0.465 e. The maximum atomic E-state index is 12.9. The number of allylic oxidation sites excluding steroid dienone is 1. The van der Waals surface area contributed by atoms with E-state index in [1.165, 1.54) is 21.1 Å². The molecule has 1 aliphatic carbocycles. The topological polar surface area (TPSA) is 74.6 Å². The fourth-order valence-corrected chi connectivity index (χ4v) is 2.97. The number of carbonyl (C=O) groups excluding carboxylic acids is 3. The average Bonchev–Trinajstić information content (AvgIpc) is 2.88. The number of carbonyl (C=O) groups is 3.